The zero-order valence-electron chi connectivity index (χ0n) is 5.71. The van der Waals surface area contributed by atoms with Gasteiger partial charge in [0.1, 0.15) is 0 Å². The first kappa shape index (κ1) is 8.69. The lowest BCUT2D eigenvalue weighted by molar-refractivity contribution is -0.132. The molecule has 2 heteroatoms. The van der Waals surface area contributed by atoms with E-state index in [-0.39, 0.29) is 5.57 Å². The van der Waals surface area contributed by atoms with Gasteiger partial charge < -0.3 is 5.11 Å². The van der Waals surface area contributed by atoms with Gasteiger partial charge in [0.05, 0.1) is 5.57 Å². The molecule has 0 fully saturated rings. The van der Waals surface area contributed by atoms with Crippen LogP contribution in [0.4, 0.5) is 0 Å². The van der Waals surface area contributed by atoms with Crippen molar-refractivity contribution in [3.63, 3.8) is 0 Å². The second-order valence-corrected chi connectivity index (χ2v) is 1.76. The zero-order valence-corrected chi connectivity index (χ0v) is 5.71. The van der Waals surface area contributed by atoms with Crippen molar-refractivity contribution in [2.45, 2.75) is 6.42 Å². The van der Waals surface area contributed by atoms with E-state index in [1.54, 1.807) is 12.2 Å². The largest absolute Gasteiger partial charge is 0.478 e. The summed E-state index contributed by atoms with van der Waals surface area (Å²) in [6, 6.07) is 0. The van der Waals surface area contributed by atoms with E-state index in [1.807, 2.05) is 0 Å². The molecule has 0 atom stereocenters. The van der Waals surface area contributed by atoms with Crippen molar-refractivity contribution >= 4 is 5.97 Å². The molecule has 0 aliphatic carbocycles. The Morgan fingerprint density at radius 1 is 1.60 bits per heavy atom. The van der Waals surface area contributed by atoms with Crippen LogP contribution < -0.4 is 0 Å². The molecule has 0 aliphatic rings. The summed E-state index contributed by atoms with van der Waals surface area (Å²) in [5, 5.41) is 8.30. The molecule has 0 heterocycles. The molecule has 0 radical (unpaired) electrons. The summed E-state index contributed by atoms with van der Waals surface area (Å²) in [5.74, 6) is -0.986. The van der Waals surface area contributed by atoms with Gasteiger partial charge in [-0.3, -0.25) is 0 Å². The van der Waals surface area contributed by atoms with E-state index in [0.717, 1.165) is 0 Å². The third-order valence-electron chi connectivity index (χ3n) is 0.896. The van der Waals surface area contributed by atoms with Crippen LogP contribution in [-0.2, 0) is 4.79 Å². The quantitative estimate of drug-likeness (QED) is 0.365. The van der Waals surface area contributed by atoms with Crippen molar-refractivity contribution in [3.05, 3.63) is 37.0 Å². The van der Waals surface area contributed by atoms with Crippen LogP contribution in [0.3, 0.4) is 0 Å². The van der Waals surface area contributed by atoms with Crippen LogP contribution in [0, 0.1) is 0 Å². The number of carbonyl (C=O) groups is 1. The molecule has 0 saturated carbocycles. The van der Waals surface area contributed by atoms with E-state index in [1.165, 1.54) is 6.08 Å². The van der Waals surface area contributed by atoms with E-state index in [4.69, 9.17) is 5.11 Å². The maximum atomic E-state index is 10.1. The number of rotatable bonds is 4. The van der Waals surface area contributed by atoms with Crippen molar-refractivity contribution < 1.29 is 9.90 Å². The lowest BCUT2D eigenvalue weighted by atomic mass is 10.2. The molecule has 0 aliphatic heterocycles. The van der Waals surface area contributed by atoms with Crippen molar-refractivity contribution in [1.82, 2.24) is 0 Å². The van der Waals surface area contributed by atoms with Gasteiger partial charge in [-0.25, -0.2) is 4.79 Å². The minimum absolute atomic E-state index is 0.0989. The summed E-state index contributed by atoms with van der Waals surface area (Å²) < 4.78 is 0. The average Bonchev–Trinajstić information content (AvgIpc) is 1.88. The van der Waals surface area contributed by atoms with E-state index in [9.17, 15) is 4.79 Å². The lowest BCUT2D eigenvalue weighted by Crippen LogP contribution is -1.94. The monoisotopic (exact) mass is 138 g/mol. The molecule has 10 heavy (non-hydrogen) atoms. The van der Waals surface area contributed by atoms with Gasteiger partial charge in [-0.1, -0.05) is 24.8 Å². The summed E-state index contributed by atoms with van der Waals surface area (Å²) >= 11 is 0. The molecular formula is C8H10O2. The van der Waals surface area contributed by atoms with Crippen LogP contribution in [-0.4, -0.2) is 11.1 Å². The predicted octanol–water partition coefficient (Wildman–Crippen LogP) is 1.76. The van der Waals surface area contributed by atoms with Gasteiger partial charge in [0.2, 0.25) is 0 Å². The van der Waals surface area contributed by atoms with Gasteiger partial charge in [-0.05, 0) is 6.42 Å². The molecule has 0 aromatic heterocycles. The molecule has 0 unspecified atom stereocenters. The van der Waals surface area contributed by atoms with E-state index in [0.29, 0.717) is 6.42 Å². The maximum Gasteiger partial charge on any atom is 0.335 e. The molecule has 0 saturated heterocycles. The highest BCUT2D eigenvalue weighted by atomic mass is 16.4. The maximum absolute atomic E-state index is 10.1. The third kappa shape index (κ3) is 3.66. The van der Waals surface area contributed by atoms with Gasteiger partial charge in [0.15, 0.2) is 0 Å². The third-order valence-corrected chi connectivity index (χ3v) is 0.896. The van der Waals surface area contributed by atoms with Crippen LogP contribution in [0.5, 0.6) is 0 Å². The molecule has 54 valence electrons. The summed E-state index contributed by atoms with van der Waals surface area (Å²) in [4.78, 5) is 10.1. The standard InChI is InChI=1S/C8H10O2/c1-3-4-5-6-7(2)8(9)10/h3,5-6H,1-2,4H2,(H,9,10). The molecule has 1 N–H and O–H groups in total. The second kappa shape index (κ2) is 4.56. The van der Waals surface area contributed by atoms with Crippen LogP contribution in [0.2, 0.25) is 0 Å². The van der Waals surface area contributed by atoms with Crippen LogP contribution in [0.1, 0.15) is 6.42 Å². The van der Waals surface area contributed by atoms with Gasteiger partial charge in [-0.2, -0.15) is 0 Å². The van der Waals surface area contributed by atoms with Crippen molar-refractivity contribution in [1.29, 1.82) is 0 Å². The fourth-order valence-electron chi connectivity index (χ4n) is 0.378. The SMILES string of the molecule is C=CCC=CC(=C)C(=O)O. The summed E-state index contributed by atoms with van der Waals surface area (Å²) in [6.07, 6.45) is 5.52. The number of hydrogen-bond acceptors (Lipinski definition) is 1. The summed E-state index contributed by atoms with van der Waals surface area (Å²) in [5.41, 5.74) is 0.0989. The number of carboxylic acid groups (broad SMARTS) is 1. The minimum atomic E-state index is -0.986. The molecule has 0 amide bonds. The Bertz CT molecular complexity index is 178. The summed E-state index contributed by atoms with van der Waals surface area (Å²) in [6.45, 7) is 6.78. The Kier molecular flexibility index (Phi) is 3.96. The zero-order chi connectivity index (χ0) is 7.98. The highest BCUT2D eigenvalue weighted by Gasteiger charge is 1.95. The van der Waals surface area contributed by atoms with Crippen molar-refractivity contribution in [3.8, 4) is 0 Å². The first-order chi connectivity index (χ1) is 4.68. The molecule has 2 nitrogen and oxygen atoms in total. The summed E-state index contributed by atoms with van der Waals surface area (Å²) in [7, 11) is 0. The van der Waals surface area contributed by atoms with Gasteiger partial charge >= 0.3 is 5.97 Å². The number of allylic oxidation sites excluding steroid dienone is 2. The Labute approximate surface area is 60.2 Å². The molecule has 0 spiro atoms. The van der Waals surface area contributed by atoms with Crippen molar-refractivity contribution in [2.75, 3.05) is 0 Å². The van der Waals surface area contributed by atoms with Gasteiger partial charge in [0.25, 0.3) is 0 Å². The van der Waals surface area contributed by atoms with Crippen LogP contribution >= 0.6 is 0 Å². The van der Waals surface area contributed by atoms with Gasteiger partial charge in [-0.15, -0.1) is 6.58 Å². The Morgan fingerprint density at radius 3 is 2.60 bits per heavy atom. The Balaban J connectivity index is 3.78. The Morgan fingerprint density at radius 2 is 2.20 bits per heavy atom. The predicted molar refractivity (Wildman–Crippen MR) is 40.7 cm³/mol. The lowest BCUT2D eigenvalue weighted by Gasteiger charge is -1.86. The van der Waals surface area contributed by atoms with Crippen LogP contribution in [0.25, 0.3) is 0 Å². The molecule has 0 bridgehead atoms. The number of hydrogen-bond donors (Lipinski definition) is 1. The fourth-order valence-corrected chi connectivity index (χ4v) is 0.378. The minimum Gasteiger partial charge on any atom is -0.478 e. The highest BCUT2D eigenvalue weighted by Crippen LogP contribution is 1.93. The average molecular weight is 138 g/mol. The van der Waals surface area contributed by atoms with E-state index in [2.05, 4.69) is 13.2 Å². The molecule has 0 rings (SSSR count). The van der Waals surface area contributed by atoms with E-state index >= 15 is 0 Å². The highest BCUT2D eigenvalue weighted by molar-refractivity contribution is 5.88. The first-order valence-corrected chi connectivity index (χ1v) is 2.88. The molecular weight excluding hydrogens is 128 g/mol. The first-order valence-electron chi connectivity index (χ1n) is 2.88. The number of carboxylic acids is 1. The van der Waals surface area contributed by atoms with Crippen molar-refractivity contribution in [2.24, 2.45) is 0 Å². The fraction of sp³-hybridized carbons (Fsp3) is 0.125. The normalized spacial score (nSPS) is 9.60. The topological polar surface area (TPSA) is 37.3 Å². The Hall–Kier alpha value is -1.31. The molecule has 0 aromatic carbocycles. The van der Waals surface area contributed by atoms with E-state index < -0.39 is 5.97 Å². The van der Waals surface area contributed by atoms with Gasteiger partial charge in [0, 0.05) is 0 Å². The molecule has 0 aromatic rings. The van der Waals surface area contributed by atoms with Crippen LogP contribution in [0.15, 0.2) is 37.0 Å². The number of aliphatic carboxylic acids is 1. The smallest absolute Gasteiger partial charge is 0.335 e. The second-order valence-electron chi connectivity index (χ2n) is 1.76.